The third-order valence-electron chi connectivity index (χ3n) is 8.15. The predicted octanol–water partition coefficient (Wildman–Crippen LogP) is 7.00. The van der Waals surface area contributed by atoms with Crippen LogP contribution < -0.4 is 10.4 Å². The van der Waals surface area contributed by atoms with E-state index < -0.39 is 8.07 Å². The molecule has 0 aliphatic heterocycles. The van der Waals surface area contributed by atoms with Crippen LogP contribution in [0.1, 0.15) is 47.2 Å². The summed E-state index contributed by atoms with van der Waals surface area (Å²) < 4.78 is 0. The summed E-state index contributed by atoms with van der Waals surface area (Å²) in [6, 6.07) is 36.7. The van der Waals surface area contributed by atoms with Gasteiger partial charge in [-0.1, -0.05) is 108 Å². The minimum absolute atomic E-state index is 1.05. The summed E-state index contributed by atoms with van der Waals surface area (Å²) in [4.78, 5) is 0. The van der Waals surface area contributed by atoms with Crippen molar-refractivity contribution in [2.75, 3.05) is 0 Å². The molecule has 172 valence electrons. The zero-order chi connectivity index (χ0) is 24.2. The fraction of sp³-hybridized carbons (Fsp3) is 0.176. The fourth-order valence-electron chi connectivity index (χ4n) is 6.90. The molecule has 0 unspecified atom stereocenters. The van der Waals surface area contributed by atoms with Gasteiger partial charge in [0, 0.05) is 0 Å². The molecule has 4 aromatic carbocycles. The Labute approximate surface area is 210 Å². The molecule has 0 N–H and O–H groups in total. The van der Waals surface area contributed by atoms with Gasteiger partial charge in [0.05, 0.1) is 0 Å². The molecule has 0 amide bonds. The van der Waals surface area contributed by atoms with Crippen molar-refractivity contribution in [3.05, 3.63) is 142 Å². The van der Waals surface area contributed by atoms with Crippen molar-refractivity contribution in [3.8, 4) is 0 Å². The molecule has 0 saturated carbocycles. The monoisotopic (exact) mass is 468 g/mol. The highest BCUT2D eigenvalue weighted by atomic mass is 28.3. The normalized spacial score (nSPS) is 15.0. The van der Waals surface area contributed by atoms with Gasteiger partial charge in [-0.3, -0.25) is 0 Å². The molecule has 2 aliphatic carbocycles. The minimum Gasteiger partial charge on any atom is -0.0679 e. The van der Waals surface area contributed by atoms with E-state index in [-0.39, 0.29) is 0 Å². The topological polar surface area (TPSA) is 0 Å². The lowest BCUT2D eigenvalue weighted by atomic mass is 10.0. The van der Waals surface area contributed by atoms with E-state index in [1.54, 1.807) is 10.4 Å². The van der Waals surface area contributed by atoms with Crippen molar-refractivity contribution in [1.29, 1.82) is 0 Å². The summed E-state index contributed by atoms with van der Waals surface area (Å²) in [6.07, 6.45) is 2.10. The van der Waals surface area contributed by atoms with Crippen molar-refractivity contribution in [1.82, 2.24) is 0 Å². The lowest BCUT2D eigenvalue weighted by Crippen LogP contribution is -2.61. The lowest BCUT2D eigenvalue weighted by Gasteiger charge is -2.39. The molecule has 0 aromatic heterocycles. The summed E-state index contributed by atoms with van der Waals surface area (Å²) in [5, 5.41) is 6.21. The Kier molecular flexibility index (Phi) is 5.27. The van der Waals surface area contributed by atoms with E-state index in [9.17, 15) is 0 Å². The Morgan fingerprint density at radius 2 is 0.857 bits per heavy atom. The Balaban J connectivity index is 1.83. The van der Waals surface area contributed by atoms with Gasteiger partial charge in [0.2, 0.25) is 0 Å². The van der Waals surface area contributed by atoms with Crippen molar-refractivity contribution in [2.24, 2.45) is 0 Å². The summed E-state index contributed by atoms with van der Waals surface area (Å²) in [6.45, 7) is 9.40. The van der Waals surface area contributed by atoms with Crippen LogP contribution in [0.2, 0.25) is 0 Å². The zero-order valence-corrected chi connectivity index (χ0v) is 22.2. The molecule has 1 heteroatoms. The van der Waals surface area contributed by atoms with Crippen LogP contribution in [0.15, 0.2) is 108 Å². The molecule has 2 aliphatic rings. The molecule has 0 radical (unpaired) electrons. The third kappa shape index (κ3) is 3.18. The first-order valence-corrected chi connectivity index (χ1v) is 14.7. The smallest absolute Gasteiger partial charge is 0.0679 e. The van der Waals surface area contributed by atoms with E-state index in [4.69, 9.17) is 0 Å². The molecular weight excluding hydrogens is 436 g/mol. The molecule has 6 rings (SSSR count). The second-order valence-corrected chi connectivity index (χ2v) is 14.0. The van der Waals surface area contributed by atoms with Crippen LogP contribution in [0.4, 0.5) is 0 Å². The van der Waals surface area contributed by atoms with Gasteiger partial charge in [0.15, 0.2) is 8.07 Å². The summed E-state index contributed by atoms with van der Waals surface area (Å²) >= 11 is 0. The molecule has 0 saturated heterocycles. The highest BCUT2D eigenvalue weighted by molar-refractivity contribution is 7.26. The number of rotatable bonds is 4. The van der Waals surface area contributed by atoms with Crippen LogP contribution in [-0.4, -0.2) is 8.07 Å². The molecule has 0 heterocycles. The average molecular weight is 469 g/mol. The van der Waals surface area contributed by atoms with Crippen LogP contribution in [0.5, 0.6) is 0 Å². The van der Waals surface area contributed by atoms with Gasteiger partial charge < -0.3 is 0 Å². The number of hydrogen-bond donors (Lipinski definition) is 0. The Hall–Kier alpha value is -3.42. The molecular formula is C34H32Si. The number of benzene rings is 4. The minimum atomic E-state index is -2.61. The number of fused-ring (bicyclic) bond motifs is 2. The molecule has 4 aromatic rings. The van der Waals surface area contributed by atoms with Gasteiger partial charge in [-0.15, -0.1) is 0 Å². The molecule has 0 spiro atoms. The van der Waals surface area contributed by atoms with Crippen LogP contribution >= 0.6 is 0 Å². The van der Waals surface area contributed by atoms with E-state index in [1.165, 1.54) is 54.9 Å². The van der Waals surface area contributed by atoms with Gasteiger partial charge in [-0.25, -0.2) is 0 Å². The highest BCUT2D eigenvalue weighted by Gasteiger charge is 2.51. The maximum atomic E-state index is 2.41. The highest BCUT2D eigenvalue weighted by Crippen LogP contribution is 2.49. The first-order valence-electron chi connectivity index (χ1n) is 12.7. The first kappa shape index (κ1) is 22.1. The van der Waals surface area contributed by atoms with Crippen molar-refractivity contribution >= 4 is 28.8 Å². The van der Waals surface area contributed by atoms with Crippen LogP contribution in [0, 0.1) is 13.8 Å². The Bertz CT molecular complexity index is 1390. The summed E-state index contributed by atoms with van der Waals surface area (Å²) in [5.41, 5.74) is 11.9. The second kappa shape index (κ2) is 8.36. The van der Waals surface area contributed by atoms with Crippen molar-refractivity contribution < 1.29 is 0 Å². The number of aryl methyl sites for hydroxylation is 2. The predicted molar refractivity (Wildman–Crippen MR) is 153 cm³/mol. The number of hydrogen-bond acceptors (Lipinski definition) is 0. The Morgan fingerprint density at radius 1 is 0.457 bits per heavy atom. The van der Waals surface area contributed by atoms with E-state index in [0.29, 0.717) is 0 Å². The van der Waals surface area contributed by atoms with Crippen LogP contribution in [-0.2, 0) is 12.8 Å². The van der Waals surface area contributed by atoms with E-state index in [0.717, 1.165) is 12.8 Å². The van der Waals surface area contributed by atoms with Crippen molar-refractivity contribution in [2.45, 2.75) is 40.5 Å². The lowest BCUT2D eigenvalue weighted by molar-refractivity contribution is 1.19. The first-order chi connectivity index (χ1) is 17.0. The average Bonchev–Trinajstić information content (AvgIpc) is 3.40. The molecule has 0 atom stereocenters. The molecule has 0 bridgehead atoms. The van der Waals surface area contributed by atoms with E-state index in [1.807, 2.05) is 0 Å². The standard InChI is InChI=1S/C34H32Si/c1-23-13-11-15-27-21-25(3)33(31(23)27)35(29-17-7-5-8-18-29,30-19-9-6-10-20-30)34-26(4)22-28-16-12-14-24(2)32(28)34/h5-20H,21-22H2,1-4H3. The van der Waals surface area contributed by atoms with Crippen molar-refractivity contribution in [3.63, 3.8) is 0 Å². The molecule has 0 nitrogen and oxygen atoms in total. The maximum absolute atomic E-state index is 2.61. The quantitative estimate of drug-likeness (QED) is 0.283. The van der Waals surface area contributed by atoms with Gasteiger partial charge >= 0.3 is 0 Å². The van der Waals surface area contributed by atoms with E-state index in [2.05, 4.69) is 125 Å². The summed E-state index contributed by atoms with van der Waals surface area (Å²) in [7, 11) is -2.61. The summed E-state index contributed by atoms with van der Waals surface area (Å²) in [5.74, 6) is 0. The largest absolute Gasteiger partial charge is 0.180 e. The zero-order valence-electron chi connectivity index (χ0n) is 21.2. The maximum Gasteiger partial charge on any atom is 0.180 e. The molecule has 35 heavy (non-hydrogen) atoms. The second-order valence-electron chi connectivity index (χ2n) is 10.4. The van der Waals surface area contributed by atoms with E-state index >= 15 is 0 Å². The van der Waals surface area contributed by atoms with Gasteiger partial charge in [-0.05, 0) is 94.7 Å². The fourth-order valence-corrected chi connectivity index (χ4v) is 12.9. The molecule has 0 fully saturated rings. The third-order valence-corrected chi connectivity index (χ3v) is 13.4. The number of allylic oxidation sites excluding steroid dienone is 2. The Morgan fingerprint density at radius 3 is 1.26 bits per heavy atom. The van der Waals surface area contributed by atoms with Crippen LogP contribution in [0.3, 0.4) is 0 Å². The SMILES string of the molecule is CC1=C([Si](C2=C(C)Cc3cccc(C)c32)(c2ccccc2)c2ccccc2)c2c(C)cccc2C1. The van der Waals surface area contributed by atoms with Gasteiger partial charge in [-0.2, -0.15) is 0 Å². The van der Waals surface area contributed by atoms with Crippen LogP contribution in [0.25, 0.3) is 10.4 Å². The van der Waals surface area contributed by atoms with Gasteiger partial charge in [0.1, 0.15) is 0 Å². The van der Waals surface area contributed by atoms with Gasteiger partial charge in [0.25, 0.3) is 0 Å².